The van der Waals surface area contributed by atoms with Crippen molar-refractivity contribution < 1.29 is 14.0 Å². The van der Waals surface area contributed by atoms with E-state index in [-0.39, 0.29) is 18.0 Å². The third-order valence-electron chi connectivity index (χ3n) is 6.02. The second-order valence-corrected chi connectivity index (χ2v) is 8.78. The average molecular weight is 455 g/mol. The van der Waals surface area contributed by atoms with E-state index < -0.39 is 0 Å². The lowest BCUT2D eigenvalue weighted by molar-refractivity contribution is 0.0954. The van der Waals surface area contributed by atoms with Crippen LogP contribution in [0.3, 0.4) is 0 Å². The molecule has 1 fully saturated rings. The minimum atomic E-state index is -0.215. The lowest BCUT2D eigenvalue weighted by Crippen LogP contribution is -2.39. The molecule has 1 aliphatic rings. The quantitative estimate of drug-likeness (QED) is 0.408. The number of carbonyl (C=O) groups is 2. The lowest BCUT2D eigenvalue weighted by Gasteiger charge is -2.27. The Bertz CT molecular complexity index is 876. The second-order valence-electron chi connectivity index (χ2n) is 8.78. The third-order valence-corrected chi connectivity index (χ3v) is 6.02. The molecule has 0 bridgehead atoms. The van der Waals surface area contributed by atoms with Gasteiger partial charge in [-0.2, -0.15) is 0 Å². The van der Waals surface area contributed by atoms with Crippen LogP contribution >= 0.6 is 0 Å². The summed E-state index contributed by atoms with van der Waals surface area (Å²) in [6.45, 7) is 6.17. The number of rotatable bonds is 11. The van der Waals surface area contributed by atoms with E-state index in [4.69, 9.17) is 4.42 Å². The number of urea groups is 1. The van der Waals surface area contributed by atoms with Gasteiger partial charge in [-0.15, -0.1) is 0 Å². The van der Waals surface area contributed by atoms with Crippen LogP contribution < -0.4 is 20.9 Å². The van der Waals surface area contributed by atoms with Crippen molar-refractivity contribution in [3.8, 4) is 0 Å². The number of hydrogen-bond donors (Lipinski definition) is 3. The van der Waals surface area contributed by atoms with E-state index in [0.29, 0.717) is 24.3 Å². The number of nitrogens with zero attached hydrogens (tertiary/aromatic N) is 1. The molecule has 1 heterocycles. The Labute approximate surface area is 197 Å². The number of carbonyl (C=O) groups excluding carboxylic acids is 2. The third kappa shape index (κ3) is 7.55. The Hall–Kier alpha value is -2.96. The molecule has 3 N–H and O–H groups in total. The van der Waals surface area contributed by atoms with Gasteiger partial charge in [0.05, 0.1) is 24.1 Å². The first-order valence-corrected chi connectivity index (χ1v) is 12.4. The largest absolute Gasteiger partial charge is 0.467 e. The number of hydrogen-bond acceptors (Lipinski definition) is 4. The van der Waals surface area contributed by atoms with Crippen LogP contribution in [0.1, 0.15) is 81.3 Å². The summed E-state index contributed by atoms with van der Waals surface area (Å²) in [5.74, 6) is 0.712. The van der Waals surface area contributed by atoms with Gasteiger partial charge in [-0.1, -0.05) is 39.5 Å². The van der Waals surface area contributed by atoms with Gasteiger partial charge < -0.3 is 25.3 Å². The highest BCUT2D eigenvalue weighted by molar-refractivity contribution is 6.02. The smallest absolute Gasteiger partial charge is 0.319 e. The molecule has 1 saturated carbocycles. The Morgan fingerprint density at radius 2 is 1.91 bits per heavy atom. The van der Waals surface area contributed by atoms with Crippen molar-refractivity contribution in [1.82, 2.24) is 10.6 Å². The number of amides is 3. The maximum Gasteiger partial charge on any atom is 0.319 e. The summed E-state index contributed by atoms with van der Waals surface area (Å²) in [6, 6.07) is 9.41. The van der Waals surface area contributed by atoms with Crippen molar-refractivity contribution in [2.75, 3.05) is 23.3 Å². The molecular formula is C26H38N4O3. The van der Waals surface area contributed by atoms with Gasteiger partial charge in [0.2, 0.25) is 0 Å². The van der Waals surface area contributed by atoms with Crippen molar-refractivity contribution in [2.45, 2.75) is 77.8 Å². The molecule has 0 spiro atoms. The van der Waals surface area contributed by atoms with Crippen LogP contribution in [0.2, 0.25) is 0 Å². The van der Waals surface area contributed by atoms with Crippen molar-refractivity contribution in [2.24, 2.45) is 0 Å². The Balaban J connectivity index is 1.81. The van der Waals surface area contributed by atoms with E-state index in [1.807, 2.05) is 31.2 Å². The van der Waals surface area contributed by atoms with Gasteiger partial charge >= 0.3 is 6.03 Å². The van der Waals surface area contributed by atoms with Crippen LogP contribution in [-0.2, 0) is 6.54 Å². The molecule has 0 atom stereocenters. The highest BCUT2D eigenvalue weighted by Crippen LogP contribution is 2.27. The molecule has 3 amide bonds. The second kappa shape index (κ2) is 12.9. The van der Waals surface area contributed by atoms with E-state index in [0.717, 1.165) is 62.9 Å². The first kappa shape index (κ1) is 24.7. The zero-order chi connectivity index (χ0) is 23.5. The summed E-state index contributed by atoms with van der Waals surface area (Å²) in [6.07, 6.45) is 10.2. The van der Waals surface area contributed by atoms with Crippen molar-refractivity contribution in [3.63, 3.8) is 0 Å². The fraction of sp³-hybridized carbons (Fsp3) is 0.538. The minimum Gasteiger partial charge on any atom is -0.467 e. The van der Waals surface area contributed by atoms with Crippen LogP contribution in [0, 0.1) is 0 Å². The van der Waals surface area contributed by atoms with E-state index in [1.165, 1.54) is 6.42 Å². The molecule has 180 valence electrons. The number of anilines is 2. The Morgan fingerprint density at radius 1 is 1.09 bits per heavy atom. The first-order chi connectivity index (χ1) is 16.1. The summed E-state index contributed by atoms with van der Waals surface area (Å²) in [5, 5.41) is 8.99. The monoisotopic (exact) mass is 454 g/mol. The Morgan fingerprint density at radius 3 is 2.61 bits per heavy atom. The number of furan rings is 1. The summed E-state index contributed by atoms with van der Waals surface area (Å²) in [4.78, 5) is 27.8. The molecular weight excluding hydrogens is 416 g/mol. The van der Waals surface area contributed by atoms with E-state index in [9.17, 15) is 9.59 Å². The van der Waals surface area contributed by atoms with E-state index in [2.05, 4.69) is 27.8 Å². The van der Waals surface area contributed by atoms with Crippen LogP contribution in [0.15, 0.2) is 41.0 Å². The predicted octanol–water partition coefficient (Wildman–Crippen LogP) is 5.68. The topological polar surface area (TPSA) is 86.6 Å². The zero-order valence-electron chi connectivity index (χ0n) is 20.0. The van der Waals surface area contributed by atoms with Crippen LogP contribution in [-0.4, -0.2) is 31.1 Å². The summed E-state index contributed by atoms with van der Waals surface area (Å²) in [5.41, 5.74) is 2.01. The van der Waals surface area contributed by atoms with Crippen LogP contribution in [0.25, 0.3) is 0 Å². The summed E-state index contributed by atoms with van der Waals surface area (Å²) >= 11 is 0. The molecule has 0 radical (unpaired) electrons. The standard InChI is InChI=1S/C26H38N4O3/c1-3-5-16-30(19-22-12-9-17-33-22)24-14-13-21(18-23(24)25(31)27-15-4-2)29-26(32)28-20-10-7-6-8-11-20/h9,12-14,17-18,20H,3-8,10-11,15-16,19H2,1-2H3,(H,27,31)(H2,28,29,32). The summed E-state index contributed by atoms with van der Waals surface area (Å²) in [7, 11) is 0. The molecule has 7 heteroatoms. The van der Waals surface area contributed by atoms with Gasteiger partial charge in [0.25, 0.3) is 5.91 Å². The molecule has 0 unspecified atom stereocenters. The van der Waals surface area contributed by atoms with Crippen molar-refractivity contribution in [3.05, 3.63) is 47.9 Å². The molecule has 3 rings (SSSR count). The van der Waals surface area contributed by atoms with Gasteiger partial charge in [0.1, 0.15) is 5.76 Å². The molecule has 0 saturated heterocycles. The van der Waals surface area contributed by atoms with E-state index in [1.54, 1.807) is 12.3 Å². The number of nitrogens with one attached hydrogen (secondary N) is 3. The molecule has 1 aliphatic carbocycles. The minimum absolute atomic E-state index is 0.135. The molecule has 0 aliphatic heterocycles. The lowest BCUT2D eigenvalue weighted by atomic mass is 9.96. The fourth-order valence-corrected chi connectivity index (χ4v) is 4.23. The fourth-order valence-electron chi connectivity index (χ4n) is 4.23. The molecule has 2 aromatic rings. The van der Waals surface area contributed by atoms with Gasteiger partial charge in [-0.25, -0.2) is 4.79 Å². The summed E-state index contributed by atoms with van der Waals surface area (Å²) < 4.78 is 5.57. The molecule has 33 heavy (non-hydrogen) atoms. The molecule has 7 nitrogen and oxygen atoms in total. The van der Waals surface area contributed by atoms with Crippen molar-refractivity contribution >= 4 is 23.3 Å². The van der Waals surface area contributed by atoms with Crippen LogP contribution in [0.4, 0.5) is 16.2 Å². The molecule has 1 aromatic carbocycles. The maximum absolute atomic E-state index is 13.1. The number of benzene rings is 1. The normalized spacial score (nSPS) is 14.0. The Kier molecular flexibility index (Phi) is 9.66. The van der Waals surface area contributed by atoms with Crippen molar-refractivity contribution in [1.29, 1.82) is 0 Å². The zero-order valence-corrected chi connectivity index (χ0v) is 20.0. The van der Waals surface area contributed by atoms with Gasteiger partial charge in [-0.3, -0.25) is 4.79 Å². The number of unbranched alkanes of at least 4 members (excludes halogenated alkanes) is 1. The van der Waals surface area contributed by atoms with E-state index >= 15 is 0 Å². The molecule has 1 aromatic heterocycles. The maximum atomic E-state index is 13.1. The van der Waals surface area contributed by atoms with Crippen LogP contribution in [0.5, 0.6) is 0 Å². The SMILES string of the molecule is CCCCN(Cc1ccco1)c1ccc(NC(=O)NC2CCCCC2)cc1C(=O)NCCC. The average Bonchev–Trinajstić information content (AvgIpc) is 3.34. The predicted molar refractivity (Wildman–Crippen MR) is 133 cm³/mol. The highest BCUT2D eigenvalue weighted by atomic mass is 16.3. The first-order valence-electron chi connectivity index (χ1n) is 12.4. The highest BCUT2D eigenvalue weighted by Gasteiger charge is 2.20. The van der Waals surface area contributed by atoms with Gasteiger partial charge in [0.15, 0.2) is 0 Å². The van der Waals surface area contributed by atoms with Gasteiger partial charge in [0, 0.05) is 24.8 Å². The van der Waals surface area contributed by atoms with Gasteiger partial charge in [-0.05, 0) is 56.0 Å².